The van der Waals surface area contributed by atoms with Crippen LogP contribution in [0.3, 0.4) is 0 Å². The average Bonchev–Trinajstić information content (AvgIpc) is 2.90. The molecule has 2 heterocycles. The first kappa shape index (κ1) is 14.1. The van der Waals surface area contributed by atoms with Gasteiger partial charge in [0.1, 0.15) is 4.32 Å². The van der Waals surface area contributed by atoms with E-state index in [0.29, 0.717) is 11.8 Å². The van der Waals surface area contributed by atoms with Gasteiger partial charge in [-0.05, 0) is 39.0 Å². The third kappa shape index (κ3) is 3.60. The molecular formula is C13H22N2OS2. The highest BCUT2D eigenvalue weighted by atomic mass is 32.2. The van der Waals surface area contributed by atoms with Gasteiger partial charge in [-0.15, -0.1) is 0 Å². The van der Waals surface area contributed by atoms with Crippen LogP contribution in [-0.4, -0.2) is 51.5 Å². The molecule has 0 spiro atoms. The summed E-state index contributed by atoms with van der Waals surface area (Å²) in [5, 5.41) is 0. The smallest absolute Gasteiger partial charge is 0.233 e. The van der Waals surface area contributed by atoms with Crippen molar-refractivity contribution in [3.05, 3.63) is 0 Å². The number of carbonyl (C=O) groups is 1. The van der Waals surface area contributed by atoms with E-state index >= 15 is 0 Å². The minimum absolute atomic E-state index is 0.258. The van der Waals surface area contributed by atoms with Crippen molar-refractivity contribution >= 4 is 34.2 Å². The minimum atomic E-state index is 0.258. The Morgan fingerprint density at radius 1 is 1.22 bits per heavy atom. The van der Waals surface area contributed by atoms with Gasteiger partial charge < -0.3 is 9.80 Å². The van der Waals surface area contributed by atoms with Crippen LogP contribution in [0.15, 0.2) is 0 Å². The number of hydrogen-bond donors (Lipinski definition) is 0. The van der Waals surface area contributed by atoms with E-state index in [4.69, 9.17) is 12.2 Å². The molecule has 2 aliphatic heterocycles. The van der Waals surface area contributed by atoms with Crippen molar-refractivity contribution in [1.82, 2.24) is 9.80 Å². The first-order chi connectivity index (χ1) is 8.68. The van der Waals surface area contributed by atoms with Gasteiger partial charge in [-0.2, -0.15) is 0 Å². The van der Waals surface area contributed by atoms with Crippen LogP contribution in [0.1, 0.15) is 39.0 Å². The Balaban J connectivity index is 1.75. The number of thioether (sulfide) groups is 1. The molecule has 1 amide bonds. The Bertz CT molecular complexity index is 316. The molecular weight excluding hydrogens is 264 g/mol. The molecule has 102 valence electrons. The van der Waals surface area contributed by atoms with E-state index in [-0.39, 0.29) is 5.91 Å². The predicted molar refractivity (Wildman–Crippen MR) is 80.9 cm³/mol. The first-order valence-electron chi connectivity index (χ1n) is 6.89. The lowest BCUT2D eigenvalue weighted by Crippen LogP contribution is -2.43. The number of nitrogens with zero attached hydrogens (tertiary/aromatic N) is 2. The first-order valence-corrected chi connectivity index (χ1v) is 8.29. The lowest BCUT2D eigenvalue weighted by molar-refractivity contribution is -0.131. The maximum Gasteiger partial charge on any atom is 0.233 e. The molecule has 3 nitrogen and oxygen atoms in total. The lowest BCUT2D eigenvalue weighted by atomic mass is 10.0. The van der Waals surface area contributed by atoms with Crippen molar-refractivity contribution in [3.8, 4) is 0 Å². The zero-order valence-electron chi connectivity index (χ0n) is 11.1. The number of likely N-dealkylation sites (tertiary alicyclic amines) is 2. The van der Waals surface area contributed by atoms with Gasteiger partial charge in [0.05, 0.1) is 5.75 Å². The summed E-state index contributed by atoms with van der Waals surface area (Å²) in [6.07, 6.45) is 6.02. The molecule has 2 rings (SSSR count). The van der Waals surface area contributed by atoms with E-state index in [1.54, 1.807) is 11.8 Å². The van der Waals surface area contributed by atoms with Crippen LogP contribution in [-0.2, 0) is 4.79 Å². The van der Waals surface area contributed by atoms with Crippen LogP contribution in [0.25, 0.3) is 0 Å². The molecule has 0 saturated carbocycles. The summed E-state index contributed by atoms with van der Waals surface area (Å²) in [6.45, 7) is 5.22. The highest BCUT2D eigenvalue weighted by Gasteiger charge is 2.24. The van der Waals surface area contributed by atoms with Crippen molar-refractivity contribution in [1.29, 1.82) is 0 Å². The molecule has 0 aliphatic carbocycles. The average molecular weight is 286 g/mol. The molecule has 2 saturated heterocycles. The third-order valence-corrected chi connectivity index (χ3v) is 5.31. The topological polar surface area (TPSA) is 23.6 Å². The van der Waals surface area contributed by atoms with Crippen LogP contribution in [0.2, 0.25) is 0 Å². The van der Waals surface area contributed by atoms with Gasteiger partial charge in [-0.3, -0.25) is 4.79 Å². The fourth-order valence-corrected chi connectivity index (χ4v) is 3.80. The Morgan fingerprint density at radius 3 is 2.56 bits per heavy atom. The van der Waals surface area contributed by atoms with Crippen LogP contribution >= 0.6 is 24.0 Å². The monoisotopic (exact) mass is 286 g/mol. The van der Waals surface area contributed by atoms with E-state index in [1.165, 1.54) is 19.3 Å². The zero-order valence-corrected chi connectivity index (χ0v) is 12.7. The van der Waals surface area contributed by atoms with Crippen LogP contribution in [0, 0.1) is 0 Å². The van der Waals surface area contributed by atoms with Gasteiger partial charge in [-0.1, -0.05) is 24.0 Å². The highest BCUT2D eigenvalue weighted by Crippen LogP contribution is 2.20. The summed E-state index contributed by atoms with van der Waals surface area (Å²) in [7, 11) is 0. The van der Waals surface area contributed by atoms with Gasteiger partial charge in [0.2, 0.25) is 5.91 Å². The summed E-state index contributed by atoms with van der Waals surface area (Å²) in [6, 6.07) is 0.409. The van der Waals surface area contributed by atoms with Crippen LogP contribution < -0.4 is 0 Å². The summed E-state index contributed by atoms with van der Waals surface area (Å²) >= 11 is 6.92. The maximum atomic E-state index is 12.2. The van der Waals surface area contributed by atoms with E-state index in [1.807, 2.05) is 4.90 Å². The molecule has 18 heavy (non-hydrogen) atoms. The molecule has 0 bridgehead atoms. The molecule has 0 N–H and O–H groups in total. The van der Waals surface area contributed by atoms with Gasteiger partial charge in [0.15, 0.2) is 0 Å². The van der Waals surface area contributed by atoms with E-state index in [0.717, 1.165) is 36.8 Å². The molecule has 0 radical (unpaired) electrons. The second kappa shape index (κ2) is 6.75. The standard InChI is InChI=1S/C13H22N2OS2/c1-11-6-2-3-9-15(11)12(16)10-18-13(17)14-7-4-5-8-14/h11H,2-10H2,1H3/t11-/m0/s1. The quantitative estimate of drug-likeness (QED) is 0.728. The van der Waals surface area contributed by atoms with Crippen molar-refractivity contribution in [2.24, 2.45) is 0 Å². The maximum absolute atomic E-state index is 12.2. The SMILES string of the molecule is C[C@H]1CCCCN1C(=O)CSC(=S)N1CCCC1. The minimum Gasteiger partial charge on any atom is -0.358 e. The van der Waals surface area contributed by atoms with Crippen molar-refractivity contribution < 1.29 is 4.79 Å². The van der Waals surface area contributed by atoms with Gasteiger partial charge >= 0.3 is 0 Å². The third-order valence-electron chi connectivity index (χ3n) is 3.81. The van der Waals surface area contributed by atoms with Crippen molar-refractivity contribution in [2.75, 3.05) is 25.4 Å². The Morgan fingerprint density at radius 2 is 1.89 bits per heavy atom. The molecule has 1 atom stereocenters. The number of amides is 1. The summed E-state index contributed by atoms with van der Waals surface area (Å²) in [5.74, 6) is 0.772. The van der Waals surface area contributed by atoms with Crippen LogP contribution in [0.5, 0.6) is 0 Å². The summed E-state index contributed by atoms with van der Waals surface area (Å²) < 4.78 is 0.908. The summed E-state index contributed by atoms with van der Waals surface area (Å²) in [5.41, 5.74) is 0. The second-order valence-electron chi connectivity index (χ2n) is 5.18. The molecule has 0 unspecified atom stereocenters. The van der Waals surface area contributed by atoms with E-state index in [2.05, 4.69) is 11.8 Å². The fourth-order valence-electron chi connectivity index (χ4n) is 2.67. The van der Waals surface area contributed by atoms with Gasteiger partial charge in [-0.25, -0.2) is 0 Å². The van der Waals surface area contributed by atoms with E-state index < -0.39 is 0 Å². The number of hydrogen-bond acceptors (Lipinski definition) is 3. The number of carbonyl (C=O) groups excluding carboxylic acids is 1. The number of thiocarbonyl (C=S) groups is 1. The second-order valence-corrected chi connectivity index (χ2v) is 6.79. The van der Waals surface area contributed by atoms with Crippen molar-refractivity contribution in [2.45, 2.75) is 45.1 Å². The number of rotatable bonds is 2. The van der Waals surface area contributed by atoms with Crippen molar-refractivity contribution in [3.63, 3.8) is 0 Å². The Labute approximate surface area is 119 Å². The zero-order chi connectivity index (χ0) is 13.0. The fraction of sp³-hybridized carbons (Fsp3) is 0.846. The molecule has 5 heteroatoms. The van der Waals surface area contributed by atoms with E-state index in [9.17, 15) is 4.79 Å². The normalized spacial score (nSPS) is 24.4. The predicted octanol–water partition coefficient (Wildman–Crippen LogP) is 2.50. The van der Waals surface area contributed by atoms with Gasteiger partial charge in [0, 0.05) is 25.7 Å². The number of piperidine rings is 1. The molecule has 2 fully saturated rings. The Hall–Kier alpha value is -0.290. The largest absolute Gasteiger partial charge is 0.358 e. The molecule has 2 aliphatic rings. The molecule has 0 aromatic heterocycles. The van der Waals surface area contributed by atoms with Crippen LogP contribution in [0.4, 0.5) is 0 Å². The van der Waals surface area contributed by atoms with Gasteiger partial charge in [0.25, 0.3) is 0 Å². The summed E-state index contributed by atoms with van der Waals surface area (Å²) in [4.78, 5) is 16.4. The Kier molecular flexibility index (Phi) is 5.30. The highest BCUT2D eigenvalue weighted by molar-refractivity contribution is 8.23. The lowest BCUT2D eigenvalue weighted by Gasteiger charge is -2.33. The molecule has 0 aromatic rings. The molecule has 0 aromatic carbocycles.